The monoisotopic (exact) mass is 390 g/mol. The molecule has 5 heteroatoms. The van der Waals surface area contributed by atoms with Crippen LogP contribution in [0.1, 0.15) is 0 Å². The molecule has 0 unspecified atom stereocenters. The topological polar surface area (TPSA) is 27.1 Å². The molecule has 0 amide bonds. The van der Waals surface area contributed by atoms with E-state index in [1.807, 2.05) is 18.2 Å². The van der Waals surface area contributed by atoms with E-state index in [0.29, 0.717) is 6.61 Å². The van der Waals surface area contributed by atoms with Crippen LogP contribution in [-0.4, -0.2) is 16.2 Å². The summed E-state index contributed by atoms with van der Waals surface area (Å²) in [6.07, 6.45) is 2.05. The number of nitrogens with zero attached hydrogens (tertiary/aromatic N) is 2. The van der Waals surface area contributed by atoms with Gasteiger partial charge in [0.15, 0.2) is 0 Å². The van der Waals surface area contributed by atoms with Gasteiger partial charge < -0.3 is 9.30 Å². The van der Waals surface area contributed by atoms with Gasteiger partial charge in [0.05, 0.1) is 12.1 Å². The highest BCUT2D eigenvalue weighted by molar-refractivity contribution is 14.1. The Labute approximate surface area is 115 Å². The van der Waals surface area contributed by atoms with E-state index in [4.69, 9.17) is 4.74 Å². The van der Waals surface area contributed by atoms with Gasteiger partial charge in [-0.3, -0.25) is 0 Å². The van der Waals surface area contributed by atoms with Gasteiger partial charge in [-0.25, -0.2) is 4.98 Å². The molecule has 1 aromatic heterocycles. The van der Waals surface area contributed by atoms with E-state index in [9.17, 15) is 0 Å². The fourth-order valence-electron chi connectivity index (χ4n) is 1.82. The Bertz CT molecular complexity index is 553. The molecule has 2 aromatic rings. The third kappa shape index (κ3) is 1.75. The lowest BCUT2D eigenvalue weighted by atomic mass is 10.2. The second kappa shape index (κ2) is 4.03. The van der Waals surface area contributed by atoms with Crippen molar-refractivity contribution in [2.75, 3.05) is 6.61 Å². The van der Waals surface area contributed by atoms with E-state index in [2.05, 4.69) is 54.3 Å². The first kappa shape index (κ1) is 10.6. The van der Waals surface area contributed by atoms with Crippen LogP contribution >= 0.6 is 38.5 Å². The molecule has 0 saturated carbocycles. The van der Waals surface area contributed by atoms with Gasteiger partial charge in [0, 0.05) is 10.7 Å². The third-order valence-corrected chi connectivity index (χ3v) is 3.53. The summed E-state index contributed by atoms with van der Waals surface area (Å²) < 4.78 is 9.90. The SMILES string of the molecule is Brc1ccc2c(c1)OCCn1cc(I)nc1-2. The molecule has 1 aromatic carbocycles. The number of ether oxygens (including phenoxy) is 1. The molecule has 0 N–H and O–H groups in total. The van der Waals surface area contributed by atoms with Crippen molar-refractivity contribution in [3.05, 3.63) is 32.6 Å². The molecule has 1 aliphatic heterocycles. The molecule has 82 valence electrons. The van der Waals surface area contributed by atoms with E-state index in [1.165, 1.54) is 0 Å². The summed E-state index contributed by atoms with van der Waals surface area (Å²) in [6, 6.07) is 6.05. The van der Waals surface area contributed by atoms with E-state index in [1.54, 1.807) is 0 Å². The molecule has 0 saturated heterocycles. The number of aromatic nitrogens is 2. The molecule has 0 atom stereocenters. The first-order valence-corrected chi connectivity index (χ1v) is 6.76. The minimum Gasteiger partial charge on any atom is -0.491 e. The molecule has 3 rings (SSSR count). The van der Waals surface area contributed by atoms with Crippen LogP contribution in [0.15, 0.2) is 28.9 Å². The molecular formula is C11H8BrIN2O. The Balaban J connectivity index is 2.24. The molecule has 2 heterocycles. The molecule has 0 radical (unpaired) electrons. The normalized spacial score (nSPS) is 13.6. The average Bonchev–Trinajstić information content (AvgIpc) is 2.52. The van der Waals surface area contributed by atoms with Crippen LogP contribution in [0.3, 0.4) is 0 Å². The maximum absolute atomic E-state index is 5.72. The number of halogens is 2. The number of rotatable bonds is 0. The number of hydrogen-bond acceptors (Lipinski definition) is 2. The third-order valence-electron chi connectivity index (χ3n) is 2.52. The maximum atomic E-state index is 5.72. The zero-order valence-electron chi connectivity index (χ0n) is 8.28. The van der Waals surface area contributed by atoms with Crippen molar-refractivity contribution in [3.8, 4) is 17.1 Å². The lowest BCUT2D eigenvalue weighted by Crippen LogP contribution is -2.04. The first-order valence-electron chi connectivity index (χ1n) is 4.89. The van der Waals surface area contributed by atoms with Crippen LogP contribution in [0.5, 0.6) is 5.75 Å². The molecule has 0 bridgehead atoms. The van der Waals surface area contributed by atoms with Gasteiger partial charge in [-0.1, -0.05) is 15.9 Å². The Hall–Kier alpha value is -0.560. The number of hydrogen-bond donors (Lipinski definition) is 0. The zero-order valence-corrected chi connectivity index (χ0v) is 12.0. The van der Waals surface area contributed by atoms with Crippen molar-refractivity contribution in [3.63, 3.8) is 0 Å². The van der Waals surface area contributed by atoms with Gasteiger partial charge in [-0.05, 0) is 40.8 Å². The summed E-state index contributed by atoms with van der Waals surface area (Å²) in [4.78, 5) is 4.54. The molecule has 0 aliphatic carbocycles. The lowest BCUT2D eigenvalue weighted by Gasteiger charge is -2.05. The van der Waals surface area contributed by atoms with E-state index < -0.39 is 0 Å². The smallest absolute Gasteiger partial charge is 0.145 e. The van der Waals surface area contributed by atoms with Crippen LogP contribution in [0.25, 0.3) is 11.4 Å². The molecule has 3 nitrogen and oxygen atoms in total. The summed E-state index contributed by atoms with van der Waals surface area (Å²) >= 11 is 5.69. The van der Waals surface area contributed by atoms with Gasteiger partial charge in [-0.15, -0.1) is 0 Å². The standard InChI is InChI=1S/C11H8BrIN2O/c12-7-1-2-8-9(5-7)16-4-3-15-6-10(13)14-11(8)15/h1-2,5-6H,3-4H2. The van der Waals surface area contributed by atoms with Crippen molar-refractivity contribution in [1.29, 1.82) is 0 Å². The van der Waals surface area contributed by atoms with Gasteiger partial charge in [0.1, 0.15) is 21.9 Å². The van der Waals surface area contributed by atoms with E-state index in [-0.39, 0.29) is 0 Å². The summed E-state index contributed by atoms with van der Waals surface area (Å²) in [5.74, 6) is 1.89. The van der Waals surface area contributed by atoms with Crippen LogP contribution in [0.2, 0.25) is 0 Å². The van der Waals surface area contributed by atoms with Crippen LogP contribution < -0.4 is 4.74 Å². The molecule has 0 fully saturated rings. The van der Waals surface area contributed by atoms with Crippen molar-refractivity contribution in [1.82, 2.24) is 9.55 Å². The summed E-state index contributed by atoms with van der Waals surface area (Å²) in [7, 11) is 0. The van der Waals surface area contributed by atoms with E-state index >= 15 is 0 Å². The highest BCUT2D eigenvalue weighted by Gasteiger charge is 2.17. The Morgan fingerprint density at radius 2 is 2.31 bits per heavy atom. The lowest BCUT2D eigenvalue weighted by molar-refractivity contribution is 0.306. The Kier molecular flexibility index (Phi) is 2.67. The van der Waals surface area contributed by atoms with Crippen molar-refractivity contribution in [2.24, 2.45) is 0 Å². The van der Waals surface area contributed by atoms with Gasteiger partial charge in [-0.2, -0.15) is 0 Å². The molecule has 0 spiro atoms. The minimum absolute atomic E-state index is 0.683. The largest absolute Gasteiger partial charge is 0.491 e. The quantitative estimate of drug-likeness (QED) is 0.645. The van der Waals surface area contributed by atoms with Gasteiger partial charge in [0.2, 0.25) is 0 Å². The fourth-order valence-corrected chi connectivity index (χ4v) is 2.73. The van der Waals surface area contributed by atoms with Crippen molar-refractivity contribution >= 4 is 38.5 Å². The number of imidazole rings is 1. The average molecular weight is 391 g/mol. The molecule has 1 aliphatic rings. The maximum Gasteiger partial charge on any atom is 0.145 e. The Morgan fingerprint density at radius 3 is 3.19 bits per heavy atom. The number of benzene rings is 1. The second-order valence-corrected chi connectivity index (χ2v) is 5.59. The highest BCUT2D eigenvalue weighted by Crippen LogP contribution is 2.34. The van der Waals surface area contributed by atoms with Crippen LogP contribution in [0, 0.1) is 3.70 Å². The molecular weight excluding hydrogens is 383 g/mol. The van der Waals surface area contributed by atoms with Gasteiger partial charge in [0.25, 0.3) is 0 Å². The summed E-state index contributed by atoms with van der Waals surface area (Å²) in [6.45, 7) is 1.53. The molecule has 16 heavy (non-hydrogen) atoms. The van der Waals surface area contributed by atoms with Crippen molar-refractivity contribution in [2.45, 2.75) is 6.54 Å². The van der Waals surface area contributed by atoms with Crippen LogP contribution in [-0.2, 0) is 6.54 Å². The van der Waals surface area contributed by atoms with Crippen LogP contribution in [0.4, 0.5) is 0 Å². The first-order chi connectivity index (χ1) is 7.74. The second-order valence-electron chi connectivity index (χ2n) is 3.57. The van der Waals surface area contributed by atoms with Gasteiger partial charge >= 0.3 is 0 Å². The minimum atomic E-state index is 0.683. The highest BCUT2D eigenvalue weighted by atomic mass is 127. The summed E-state index contributed by atoms with van der Waals surface area (Å²) in [5, 5.41) is 0. The Morgan fingerprint density at radius 1 is 1.44 bits per heavy atom. The zero-order chi connectivity index (χ0) is 11.1. The number of fused-ring (bicyclic) bond motifs is 3. The predicted octanol–water partition coefficient (Wildman–Crippen LogP) is 3.31. The summed E-state index contributed by atoms with van der Waals surface area (Å²) in [5.41, 5.74) is 1.06. The predicted molar refractivity (Wildman–Crippen MR) is 73.6 cm³/mol. The van der Waals surface area contributed by atoms with E-state index in [0.717, 1.165) is 31.9 Å². The van der Waals surface area contributed by atoms with Crippen molar-refractivity contribution < 1.29 is 4.74 Å². The fraction of sp³-hybridized carbons (Fsp3) is 0.182.